The van der Waals surface area contributed by atoms with Gasteiger partial charge in [0.15, 0.2) is 0 Å². The first-order valence-electron chi connectivity index (χ1n) is 4.22. The van der Waals surface area contributed by atoms with Crippen molar-refractivity contribution in [1.82, 2.24) is 0 Å². The second-order valence-corrected chi connectivity index (χ2v) is 3.48. The van der Waals surface area contributed by atoms with Crippen LogP contribution >= 0.6 is 11.8 Å². The number of amides is 1. The molecule has 1 N–H and O–H groups in total. The van der Waals surface area contributed by atoms with Gasteiger partial charge in [-0.1, -0.05) is 6.92 Å². The van der Waals surface area contributed by atoms with E-state index in [0.29, 0.717) is 6.42 Å². The zero-order chi connectivity index (χ0) is 10.4. The second-order valence-electron chi connectivity index (χ2n) is 2.62. The van der Waals surface area contributed by atoms with Gasteiger partial charge in [0, 0.05) is 17.0 Å². The van der Waals surface area contributed by atoms with E-state index in [0.717, 1.165) is 22.3 Å². The Morgan fingerprint density at radius 1 is 1.50 bits per heavy atom. The first-order valence-corrected chi connectivity index (χ1v) is 5.03. The average Bonchev–Trinajstić information content (AvgIpc) is 2.21. The number of benzene rings is 1. The summed E-state index contributed by atoms with van der Waals surface area (Å²) in [4.78, 5) is 11.9. The molecule has 0 spiro atoms. The Morgan fingerprint density at radius 3 is 2.64 bits per heavy atom. The van der Waals surface area contributed by atoms with Crippen molar-refractivity contribution in [2.45, 2.75) is 18.2 Å². The topological polar surface area (TPSA) is 52.9 Å². The number of carbonyl (C=O) groups excluding carboxylic acids is 1. The second kappa shape index (κ2) is 5.30. The van der Waals surface area contributed by atoms with Crippen molar-refractivity contribution in [3.63, 3.8) is 0 Å². The lowest BCUT2D eigenvalue weighted by atomic mass is 10.3. The van der Waals surface area contributed by atoms with E-state index in [-0.39, 0.29) is 5.91 Å². The number of nitrogens with one attached hydrogen (secondary N) is 1. The molecule has 0 heterocycles. The molecule has 1 amide bonds. The van der Waals surface area contributed by atoms with Crippen LogP contribution in [-0.4, -0.2) is 5.91 Å². The summed E-state index contributed by atoms with van der Waals surface area (Å²) >= 11 is 1.10. The van der Waals surface area contributed by atoms with Crippen LogP contribution in [0.1, 0.15) is 13.3 Å². The number of nitriles is 1. The van der Waals surface area contributed by atoms with E-state index in [1.807, 2.05) is 5.40 Å². The predicted octanol–water partition coefficient (Wildman–Crippen LogP) is 2.61. The summed E-state index contributed by atoms with van der Waals surface area (Å²) in [7, 11) is 0. The molecule has 0 unspecified atom stereocenters. The molecule has 0 fully saturated rings. The Balaban J connectivity index is 2.65. The highest BCUT2D eigenvalue weighted by Crippen LogP contribution is 2.18. The predicted molar refractivity (Wildman–Crippen MR) is 56.8 cm³/mol. The van der Waals surface area contributed by atoms with Gasteiger partial charge in [-0.2, -0.15) is 5.26 Å². The SMILES string of the molecule is CCC(=O)Nc1ccc(SC#N)cc1. The average molecular weight is 206 g/mol. The first-order chi connectivity index (χ1) is 6.76. The summed E-state index contributed by atoms with van der Waals surface area (Å²) in [6.07, 6.45) is 0.467. The standard InChI is InChI=1S/C10H10N2OS/c1-2-10(13)12-8-3-5-9(6-4-8)14-7-11/h3-6H,2H2,1H3,(H,12,13). The molecule has 0 aliphatic carbocycles. The van der Waals surface area contributed by atoms with Crippen LogP contribution in [0.4, 0.5) is 5.69 Å². The molecule has 3 nitrogen and oxygen atoms in total. The fraction of sp³-hybridized carbons (Fsp3) is 0.200. The van der Waals surface area contributed by atoms with Crippen molar-refractivity contribution in [2.75, 3.05) is 5.32 Å². The smallest absolute Gasteiger partial charge is 0.224 e. The van der Waals surface area contributed by atoms with Gasteiger partial charge in [0.05, 0.1) is 0 Å². The molecule has 0 atom stereocenters. The fourth-order valence-electron chi connectivity index (χ4n) is 0.908. The van der Waals surface area contributed by atoms with Gasteiger partial charge in [0.25, 0.3) is 0 Å². The van der Waals surface area contributed by atoms with Crippen molar-refractivity contribution in [2.24, 2.45) is 0 Å². The molecule has 14 heavy (non-hydrogen) atoms. The molecule has 0 radical (unpaired) electrons. The molecule has 1 aromatic rings. The fourth-order valence-corrected chi connectivity index (χ4v) is 1.29. The number of nitrogens with zero attached hydrogens (tertiary/aromatic N) is 1. The van der Waals surface area contributed by atoms with Gasteiger partial charge in [0.2, 0.25) is 5.91 Å². The molecule has 0 aromatic heterocycles. The summed E-state index contributed by atoms with van der Waals surface area (Å²) < 4.78 is 0. The van der Waals surface area contributed by atoms with Gasteiger partial charge in [-0.05, 0) is 36.0 Å². The van der Waals surface area contributed by atoms with E-state index >= 15 is 0 Å². The Labute approximate surface area is 87.1 Å². The van der Waals surface area contributed by atoms with Crippen LogP contribution in [-0.2, 0) is 4.79 Å². The van der Waals surface area contributed by atoms with Crippen LogP contribution in [0.15, 0.2) is 29.2 Å². The molecule has 4 heteroatoms. The molecule has 0 aliphatic rings. The minimum Gasteiger partial charge on any atom is -0.326 e. The summed E-state index contributed by atoms with van der Waals surface area (Å²) in [5.41, 5.74) is 0.763. The van der Waals surface area contributed by atoms with Gasteiger partial charge in [-0.25, -0.2) is 0 Å². The third-order valence-corrected chi connectivity index (χ3v) is 2.22. The van der Waals surface area contributed by atoms with E-state index < -0.39 is 0 Å². The van der Waals surface area contributed by atoms with Crippen molar-refractivity contribution >= 4 is 23.4 Å². The van der Waals surface area contributed by atoms with Gasteiger partial charge in [-0.15, -0.1) is 0 Å². The third kappa shape index (κ3) is 3.11. The molecular weight excluding hydrogens is 196 g/mol. The third-order valence-electron chi connectivity index (χ3n) is 1.62. The number of anilines is 1. The Morgan fingerprint density at radius 2 is 2.14 bits per heavy atom. The van der Waals surface area contributed by atoms with E-state index in [2.05, 4.69) is 5.32 Å². The monoisotopic (exact) mass is 206 g/mol. The van der Waals surface area contributed by atoms with E-state index in [1.54, 1.807) is 31.2 Å². The Kier molecular flexibility index (Phi) is 4.02. The van der Waals surface area contributed by atoms with Crippen molar-refractivity contribution in [1.29, 1.82) is 5.26 Å². The minimum atomic E-state index is -0.00862. The van der Waals surface area contributed by atoms with Crippen LogP contribution < -0.4 is 5.32 Å². The van der Waals surface area contributed by atoms with Crippen molar-refractivity contribution in [3.8, 4) is 5.40 Å². The lowest BCUT2D eigenvalue weighted by molar-refractivity contribution is -0.115. The van der Waals surface area contributed by atoms with Gasteiger partial charge < -0.3 is 5.32 Å². The van der Waals surface area contributed by atoms with Crippen LogP contribution in [0, 0.1) is 10.7 Å². The van der Waals surface area contributed by atoms with Crippen LogP contribution in [0.3, 0.4) is 0 Å². The molecular formula is C10H10N2OS. The summed E-state index contributed by atoms with van der Waals surface area (Å²) in [6, 6.07) is 7.18. The maximum Gasteiger partial charge on any atom is 0.224 e. The lowest BCUT2D eigenvalue weighted by Crippen LogP contribution is -2.08. The normalized spacial score (nSPS) is 9.14. The van der Waals surface area contributed by atoms with Crippen LogP contribution in [0.2, 0.25) is 0 Å². The Hall–Kier alpha value is -1.47. The number of hydrogen-bond donors (Lipinski definition) is 1. The van der Waals surface area contributed by atoms with Gasteiger partial charge in [-0.3, -0.25) is 4.79 Å². The molecule has 0 saturated carbocycles. The minimum absolute atomic E-state index is 0.00862. The lowest BCUT2D eigenvalue weighted by Gasteiger charge is -2.02. The number of rotatable bonds is 3. The quantitative estimate of drug-likeness (QED) is 0.611. The number of thiocyanates is 1. The summed E-state index contributed by atoms with van der Waals surface area (Å²) in [5, 5.41) is 13.1. The molecule has 0 saturated heterocycles. The maximum absolute atomic E-state index is 11.0. The van der Waals surface area contributed by atoms with Gasteiger partial charge in [0.1, 0.15) is 5.40 Å². The molecule has 0 bridgehead atoms. The van der Waals surface area contributed by atoms with E-state index in [4.69, 9.17) is 5.26 Å². The van der Waals surface area contributed by atoms with Crippen LogP contribution in [0.25, 0.3) is 0 Å². The van der Waals surface area contributed by atoms with Crippen molar-refractivity contribution in [3.05, 3.63) is 24.3 Å². The zero-order valence-corrected chi connectivity index (χ0v) is 8.60. The Bertz CT molecular complexity index is 353. The largest absolute Gasteiger partial charge is 0.326 e. The van der Waals surface area contributed by atoms with Crippen LogP contribution in [0.5, 0.6) is 0 Å². The molecule has 0 aliphatic heterocycles. The van der Waals surface area contributed by atoms with E-state index in [1.165, 1.54) is 0 Å². The maximum atomic E-state index is 11.0. The van der Waals surface area contributed by atoms with Crippen molar-refractivity contribution < 1.29 is 4.79 Å². The highest BCUT2D eigenvalue weighted by atomic mass is 32.2. The summed E-state index contributed by atoms with van der Waals surface area (Å²) in [5.74, 6) is -0.00862. The molecule has 72 valence electrons. The highest BCUT2D eigenvalue weighted by molar-refractivity contribution is 8.03. The summed E-state index contributed by atoms with van der Waals surface area (Å²) in [6.45, 7) is 1.80. The zero-order valence-electron chi connectivity index (χ0n) is 7.78. The van der Waals surface area contributed by atoms with E-state index in [9.17, 15) is 4.79 Å². The highest BCUT2D eigenvalue weighted by Gasteiger charge is 1.98. The molecule has 1 rings (SSSR count). The van der Waals surface area contributed by atoms with Gasteiger partial charge >= 0.3 is 0 Å². The first kappa shape index (κ1) is 10.6. The number of carbonyl (C=O) groups is 1. The number of hydrogen-bond acceptors (Lipinski definition) is 3. The molecule has 1 aromatic carbocycles. The number of thioether (sulfide) groups is 1.